The number of hydrogen-bond acceptors (Lipinski definition) is 3. The summed E-state index contributed by atoms with van der Waals surface area (Å²) >= 11 is 5.29. The fourth-order valence-electron chi connectivity index (χ4n) is 3.03. The minimum absolute atomic E-state index is 0.137. The smallest absolute Gasteiger partial charge is 0.238 e. The monoisotopic (exact) mass is 354 g/mol. The fraction of sp³-hybridized carbons (Fsp3) is 0.300. The maximum atomic E-state index is 12.9. The molecule has 25 heavy (non-hydrogen) atoms. The zero-order valence-corrected chi connectivity index (χ0v) is 14.8. The maximum absolute atomic E-state index is 12.9. The SMILES string of the molecule is O=C(NC(=S)NC[C@@H]1CCCO1)C(c1ccccc1)c1ccccc1. The van der Waals surface area contributed by atoms with Gasteiger partial charge in [0.25, 0.3) is 0 Å². The van der Waals surface area contributed by atoms with Gasteiger partial charge in [-0.15, -0.1) is 0 Å². The lowest BCUT2D eigenvalue weighted by molar-refractivity contribution is -0.120. The van der Waals surface area contributed by atoms with Crippen LogP contribution < -0.4 is 10.6 Å². The van der Waals surface area contributed by atoms with Crippen LogP contribution >= 0.6 is 12.2 Å². The van der Waals surface area contributed by atoms with E-state index in [4.69, 9.17) is 17.0 Å². The Balaban J connectivity index is 1.68. The first-order valence-corrected chi connectivity index (χ1v) is 8.95. The van der Waals surface area contributed by atoms with Crippen molar-refractivity contribution < 1.29 is 9.53 Å². The summed E-state index contributed by atoms with van der Waals surface area (Å²) in [6.07, 6.45) is 2.28. The lowest BCUT2D eigenvalue weighted by atomic mass is 9.90. The summed E-state index contributed by atoms with van der Waals surface area (Å²) in [4.78, 5) is 12.9. The molecule has 1 fully saturated rings. The molecule has 2 aromatic rings. The average molecular weight is 354 g/mol. The Kier molecular flexibility index (Phi) is 6.14. The van der Waals surface area contributed by atoms with Crippen LogP contribution in [0.5, 0.6) is 0 Å². The van der Waals surface area contributed by atoms with E-state index in [2.05, 4.69) is 10.6 Å². The topological polar surface area (TPSA) is 50.4 Å². The van der Waals surface area contributed by atoms with E-state index < -0.39 is 5.92 Å². The summed E-state index contributed by atoms with van der Waals surface area (Å²) in [7, 11) is 0. The summed E-state index contributed by atoms with van der Waals surface area (Å²) < 4.78 is 5.56. The normalized spacial score (nSPS) is 16.6. The lowest BCUT2D eigenvalue weighted by Gasteiger charge is -2.19. The number of nitrogens with one attached hydrogen (secondary N) is 2. The molecule has 1 amide bonds. The molecule has 0 radical (unpaired) electrons. The van der Waals surface area contributed by atoms with Crippen LogP contribution in [0.15, 0.2) is 60.7 Å². The number of carbonyl (C=O) groups is 1. The van der Waals surface area contributed by atoms with Gasteiger partial charge in [0.2, 0.25) is 5.91 Å². The average Bonchev–Trinajstić information content (AvgIpc) is 3.16. The lowest BCUT2D eigenvalue weighted by Crippen LogP contribution is -2.44. The van der Waals surface area contributed by atoms with Crippen LogP contribution in [0.2, 0.25) is 0 Å². The van der Waals surface area contributed by atoms with Crippen LogP contribution in [0.25, 0.3) is 0 Å². The second-order valence-electron chi connectivity index (χ2n) is 6.09. The van der Waals surface area contributed by atoms with E-state index >= 15 is 0 Å². The van der Waals surface area contributed by atoms with Gasteiger partial charge in [0, 0.05) is 13.2 Å². The molecule has 0 spiro atoms. The van der Waals surface area contributed by atoms with E-state index in [1.165, 1.54) is 0 Å². The Hall–Kier alpha value is -2.24. The largest absolute Gasteiger partial charge is 0.376 e. The van der Waals surface area contributed by atoms with E-state index in [-0.39, 0.29) is 12.0 Å². The Morgan fingerprint density at radius 2 is 1.68 bits per heavy atom. The van der Waals surface area contributed by atoms with E-state index in [9.17, 15) is 4.79 Å². The summed E-state index contributed by atoms with van der Waals surface area (Å²) in [5.41, 5.74) is 1.88. The molecular weight excluding hydrogens is 332 g/mol. The first kappa shape index (κ1) is 17.6. The Morgan fingerprint density at radius 3 is 2.20 bits per heavy atom. The summed E-state index contributed by atoms with van der Waals surface area (Å²) in [6.45, 7) is 1.43. The zero-order chi connectivity index (χ0) is 17.5. The van der Waals surface area contributed by atoms with Gasteiger partial charge in [-0.3, -0.25) is 4.79 Å². The van der Waals surface area contributed by atoms with E-state index in [1.54, 1.807) is 0 Å². The standard InChI is InChI=1S/C20H22N2O2S/c23-19(22-20(25)21-14-17-12-7-13-24-17)18(15-8-3-1-4-9-15)16-10-5-2-6-11-16/h1-6,8-11,17-18H,7,12-14H2,(H2,21,22,23,25)/t17-/m0/s1. The second kappa shape index (κ2) is 8.74. The van der Waals surface area contributed by atoms with Crippen LogP contribution in [0.4, 0.5) is 0 Å². The maximum Gasteiger partial charge on any atom is 0.238 e. The number of carbonyl (C=O) groups excluding carboxylic acids is 1. The van der Waals surface area contributed by atoms with Gasteiger partial charge in [-0.25, -0.2) is 0 Å². The molecule has 1 aliphatic heterocycles. The molecular formula is C20H22N2O2S. The van der Waals surface area contributed by atoms with Gasteiger partial charge in [0.15, 0.2) is 5.11 Å². The number of benzene rings is 2. The molecule has 5 heteroatoms. The van der Waals surface area contributed by atoms with E-state index in [0.29, 0.717) is 11.7 Å². The molecule has 1 atom stereocenters. The van der Waals surface area contributed by atoms with Crippen molar-refractivity contribution in [3.05, 3.63) is 71.8 Å². The van der Waals surface area contributed by atoms with Crippen LogP contribution in [0, 0.1) is 0 Å². The predicted octanol–water partition coefficient (Wildman–Crippen LogP) is 2.99. The van der Waals surface area contributed by atoms with Gasteiger partial charge in [-0.05, 0) is 36.2 Å². The fourth-order valence-corrected chi connectivity index (χ4v) is 3.21. The molecule has 2 aromatic carbocycles. The number of ether oxygens (including phenoxy) is 1. The molecule has 0 aromatic heterocycles. The molecule has 4 nitrogen and oxygen atoms in total. The molecule has 0 saturated carbocycles. The van der Waals surface area contributed by atoms with Crippen molar-refractivity contribution in [1.29, 1.82) is 0 Å². The van der Waals surface area contributed by atoms with Crippen molar-refractivity contribution in [3.63, 3.8) is 0 Å². The zero-order valence-electron chi connectivity index (χ0n) is 14.0. The molecule has 1 saturated heterocycles. The molecule has 1 heterocycles. The summed E-state index contributed by atoms with van der Waals surface area (Å²) in [5, 5.41) is 6.26. The summed E-state index contributed by atoms with van der Waals surface area (Å²) in [6, 6.07) is 19.5. The molecule has 1 aliphatic rings. The molecule has 3 rings (SSSR count). The third-order valence-corrected chi connectivity index (χ3v) is 4.53. The minimum Gasteiger partial charge on any atom is -0.376 e. The highest BCUT2D eigenvalue weighted by atomic mass is 32.1. The van der Waals surface area contributed by atoms with Crippen LogP contribution in [-0.2, 0) is 9.53 Å². The van der Waals surface area contributed by atoms with Crippen molar-refractivity contribution >= 4 is 23.2 Å². The van der Waals surface area contributed by atoms with Crippen molar-refractivity contribution in [3.8, 4) is 0 Å². The van der Waals surface area contributed by atoms with Crippen molar-refractivity contribution in [2.75, 3.05) is 13.2 Å². The van der Waals surface area contributed by atoms with Gasteiger partial charge in [-0.1, -0.05) is 60.7 Å². The third kappa shape index (κ3) is 4.87. The Morgan fingerprint density at radius 1 is 1.08 bits per heavy atom. The predicted molar refractivity (Wildman–Crippen MR) is 102 cm³/mol. The van der Waals surface area contributed by atoms with Crippen LogP contribution in [0.3, 0.4) is 0 Å². The minimum atomic E-state index is -0.398. The quantitative estimate of drug-likeness (QED) is 0.811. The van der Waals surface area contributed by atoms with Gasteiger partial charge in [-0.2, -0.15) is 0 Å². The highest BCUT2D eigenvalue weighted by molar-refractivity contribution is 7.80. The van der Waals surface area contributed by atoms with E-state index in [0.717, 1.165) is 30.6 Å². The van der Waals surface area contributed by atoms with Gasteiger partial charge < -0.3 is 15.4 Å². The van der Waals surface area contributed by atoms with Crippen LogP contribution in [-0.4, -0.2) is 30.3 Å². The number of hydrogen-bond donors (Lipinski definition) is 2. The van der Waals surface area contributed by atoms with E-state index in [1.807, 2.05) is 60.7 Å². The number of rotatable bonds is 5. The van der Waals surface area contributed by atoms with Crippen LogP contribution in [0.1, 0.15) is 29.9 Å². The Labute approximate surface area is 153 Å². The molecule has 0 unspecified atom stereocenters. The van der Waals surface area contributed by atoms with Crippen molar-refractivity contribution in [2.24, 2.45) is 0 Å². The number of thiocarbonyl (C=S) groups is 1. The first-order chi connectivity index (χ1) is 12.2. The third-order valence-electron chi connectivity index (χ3n) is 4.28. The van der Waals surface area contributed by atoms with Crippen molar-refractivity contribution in [2.45, 2.75) is 24.9 Å². The second-order valence-corrected chi connectivity index (χ2v) is 6.50. The highest BCUT2D eigenvalue weighted by Gasteiger charge is 2.23. The van der Waals surface area contributed by atoms with Gasteiger partial charge >= 0.3 is 0 Å². The molecule has 2 N–H and O–H groups in total. The van der Waals surface area contributed by atoms with Gasteiger partial charge in [0.1, 0.15) is 0 Å². The summed E-state index contributed by atoms with van der Waals surface area (Å²) in [5.74, 6) is -0.535. The number of amides is 1. The first-order valence-electron chi connectivity index (χ1n) is 8.54. The van der Waals surface area contributed by atoms with Crippen molar-refractivity contribution in [1.82, 2.24) is 10.6 Å². The Bertz CT molecular complexity index is 661. The highest BCUT2D eigenvalue weighted by Crippen LogP contribution is 2.24. The molecule has 0 aliphatic carbocycles. The molecule has 130 valence electrons. The molecule has 0 bridgehead atoms. The van der Waals surface area contributed by atoms with Gasteiger partial charge in [0.05, 0.1) is 12.0 Å².